The molecule has 2 amide bonds. The number of nitrogens with zero attached hydrogens (tertiary/aromatic N) is 1. The van der Waals surface area contributed by atoms with Gasteiger partial charge in [-0.15, -0.1) is 12.4 Å². The van der Waals surface area contributed by atoms with Crippen molar-refractivity contribution in [2.75, 3.05) is 33.2 Å². The number of rotatable bonds is 7. The van der Waals surface area contributed by atoms with E-state index in [0.717, 1.165) is 38.4 Å². The number of hydrogen-bond donors (Lipinski definition) is 2. The lowest BCUT2D eigenvalue weighted by molar-refractivity contribution is -0.132. The van der Waals surface area contributed by atoms with Gasteiger partial charge in [0.25, 0.3) is 0 Å². The zero-order chi connectivity index (χ0) is 15.1. The van der Waals surface area contributed by atoms with Crippen LogP contribution in [0.1, 0.15) is 44.9 Å². The standard InChI is InChI=1S/C16H29N3O2.ClH/c1-17-10-14-8-9-19(12-14)16(21)11-18-15(20)7-6-13-4-2-3-5-13;/h13-14,17H,2-12H2,1H3,(H,18,20);1H. The number of carbonyl (C=O) groups is 2. The second kappa shape index (κ2) is 10.1. The van der Waals surface area contributed by atoms with E-state index in [2.05, 4.69) is 10.6 Å². The summed E-state index contributed by atoms with van der Waals surface area (Å²) < 4.78 is 0. The molecular weight excluding hydrogens is 302 g/mol. The summed E-state index contributed by atoms with van der Waals surface area (Å²) in [7, 11) is 1.94. The molecule has 1 aliphatic heterocycles. The van der Waals surface area contributed by atoms with Gasteiger partial charge in [0.1, 0.15) is 0 Å². The van der Waals surface area contributed by atoms with Crippen LogP contribution in [0.5, 0.6) is 0 Å². The van der Waals surface area contributed by atoms with Gasteiger partial charge in [0.15, 0.2) is 0 Å². The Hall–Kier alpha value is -0.810. The highest BCUT2D eigenvalue weighted by molar-refractivity contribution is 5.85. The molecule has 2 aliphatic rings. The molecule has 0 bridgehead atoms. The van der Waals surface area contributed by atoms with E-state index < -0.39 is 0 Å². The van der Waals surface area contributed by atoms with Crippen LogP contribution in [0.3, 0.4) is 0 Å². The van der Waals surface area contributed by atoms with Crippen LogP contribution in [-0.2, 0) is 9.59 Å². The minimum absolute atomic E-state index is 0. The first-order valence-electron chi connectivity index (χ1n) is 8.38. The van der Waals surface area contributed by atoms with Crippen molar-refractivity contribution in [2.45, 2.75) is 44.9 Å². The van der Waals surface area contributed by atoms with Crippen molar-refractivity contribution in [3.05, 3.63) is 0 Å². The molecule has 128 valence electrons. The highest BCUT2D eigenvalue weighted by Gasteiger charge is 2.25. The monoisotopic (exact) mass is 331 g/mol. The second-order valence-electron chi connectivity index (χ2n) is 6.52. The van der Waals surface area contributed by atoms with Crippen LogP contribution in [-0.4, -0.2) is 49.9 Å². The van der Waals surface area contributed by atoms with E-state index in [4.69, 9.17) is 0 Å². The van der Waals surface area contributed by atoms with Crippen LogP contribution in [0.15, 0.2) is 0 Å². The molecule has 1 atom stereocenters. The second-order valence-corrected chi connectivity index (χ2v) is 6.52. The summed E-state index contributed by atoms with van der Waals surface area (Å²) in [6.07, 6.45) is 7.78. The van der Waals surface area contributed by atoms with Gasteiger partial charge in [-0.3, -0.25) is 9.59 Å². The van der Waals surface area contributed by atoms with E-state index in [1.165, 1.54) is 25.7 Å². The largest absolute Gasteiger partial charge is 0.347 e. The molecule has 0 aromatic rings. The fourth-order valence-corrected chi connectivity index (χ4v) is 3.52. The van der Waals surface area contributed by atoms with Crippen molar-refractivity contribution in [1.29, 1.82) is 0 Å². The Bertz CT molecular complexity index is 359. The number of hydrogen-bond acceptors (Lipinski definition) is 3. The summed E-state index contributed by atoms with van der Waals surface area (Å²) in [5, 5.41) is 5.94. The van der Waals surface area contributed by atoms with Crippen molar-refractivity contribution in [3.63, 3.8) is 0 Å². The molecule has 1 saturated carbocycles. The highest BCUT2D eigenvalue weighted by Crippen LogP contribution is 2.28. The van der Waals surface area contributed by atoms with Crippen molar-refractivity contribution in [2.24, 2.45) is 11.8 Å². The normalized spacial score (nSPS) is 21.7. The first-order chi connectivity index (χ1) is 10.2. The third kappa shape index (κ3) is 6.13. The van der Waals surface area contributed by atoms with Gasteiger partial charge in [0, 0.05) is 19.5 Å². The van der Waals surface area contributed by atoms with Gasteiger partial charge in [-0.25, -0.2) is 0 Å². The maximum Gasteiger partial charge on any atom is 0.241 e. The predicted octanol–water partition coefficient (Wildman–Crippen LogP) is 1.56. The highest BCUT2D eigenvalue weighted by atomic mass is 35.5. The van der Waals surface area contributed by atoms with Crippen molar-refractivity contribution >= 4 is 24.2 Å². The summed E-state index contributed by atoms with van der Waals surface area (Å²) in [4.78, 5) is 25.7. The fraction of sp³-hybridized carbons (Fsp3) is 0.875. The summed E-state index contributed by atoms with van der Waals surface area (Å²) in [5.41, 5.74) is 0. The lowest BCUT2D eigenvalue weighted by Gasteiger charge is -2.17. The average Bonchev–Trinajstić information content (AvgIpc) is 3.14. The first kappa shape index (κ1) is 19.2. The maximum atomic E-state index is 12.1. The lowest BCUT2D eigenvalue weighted by atomic mass is 10.0. The smallest absolute Gasteiger partial charge is 0.241 e. The zero-order valence-electron chi connectivity index (χ0n) is 13.6. The van der Waals surface area contributed by atoms with Gasteiger partial charge in [0.05, 0.1) is 6.54 Å². The zero-order valence-corrected chi connectivity index (χ0v) is 14.4. The van der Waals surface area contributed by atoms with Crippen LogP contribution in [0.4, 0.5) is 0 Å². The molecule has 22 heavy (non-hydrogen) atoms. The van der Waals surface area contributed by atoms with E-state index in [1.807, 2.05) is 11.9 Å². The molecule has 2 fully saturated rings. The Morgan fingerprint density at radius 3 is 2.55 bits per heavy atom. The van der Waals surface area contributed by atoms with Crippen molar-refractivity contribution < 1.29 is 9.59 Å². The van der Waals surface area contributed by atoms with Gasteiger partial charge in [0.2, 0.25) is 11.8 Å². The predicted molar refractivity (Wildman–Crippen MR) is 90.1 cm³/mol. The van der Waals surface area contributed by atoms with Gasteiger partial charge >= 0.3 is 0 Å². The van der Waals surface area contributed by atoms with Gasteiger partial charge < -0.3 is 15.5 Å². The van der Waals surface area contributed by atoms with Gasteiger partial charge in [-0.05, 0) is 38.3 Å². The molecule has 0 spiro atoms. The molecule has 1 heterocycles. The molecule has 2 rings (SSSR count). The SMILES string of the molecule is CNCC1CCN(C(=O)CNC(=O)CCC2CCCC2)C1.Cl. The van der Waals surface area contributed by atoms with E-state index in [1.54, 1.807) is 0 Å². The molecule has 1 unspecified atom stereocenters. The third-order valence-electron chi connectivity index (χ3n) is 4.82. The Labute approximate surface area is 140 Å². The molecule has 1 aliphatic carbocycles. The van der Waals surface area contributed by atoms with Crippen LogP contribution >= 0.6 is 12.4 Å². The quantitative estimate of drug-likeness (QED) is 0.744. The number of halogens is 1. The Morgan fingerprint density at radius 2 is 1.86 bits per heavy atom. The van der Waals surface area contributed by atoms with Gasteiger partial charge in [-0.2, -0.15) is 0 Å². The van der Waals surface area contributed by atoms with Crippen molar-refractivity contribution in [1.82, 2.24) is 15.5 Å². The summed E-state index contributed by atoms with van der Waals surface area (Å²) in [6, 6.07) is 0. The molecule has 2 N–H and O–H groups in total. The molecule has 5 nitrogen and oxygen atoms in total. The topological polar surface area (TPSA) is 61.4 Å². The van der Waals surface area contributed by atoms with Crippen molar-refractivity contribution in [3.8, 4) is 0 Å². The molecule has 0 aromatic heterocycles. The Morgan fingerprint density at radius 1 is 1.14 bits per heavy atom. The maximum absolute atomic E-state index is 12.1. The Kier molecular flexibility index (Phi) is 8.79. The molecule has 0 radical (unpaired) electrons. The van der Waals surface area contributed by atoms with E-state index in [0.29, 0.717) is 12.3 Å². The average molecular weight is 332 g/mol. The van der Waals surface area contributed by atoms with Crippen LogP contribution in [0.25, 0.3) is 0 Å². The van der Waals surface area contributed by atoms with E-state index in [-0.39, 0.29) is 30.8 Å². The molecule has 1 saturated heterocycles. The van der Waals surface area contributed by atoms with Crippen LogP contribution < -0.4 is 10.6 Å². The van der Waals surface area contributed by atoms with E-state index in [9.17, 15) is 9.59 Å². The van der Waals surface area contributed by atoms with E-state index >= 15 is 0 Å². The molecule has 6 heteroatoms. The third-order valence-corrected chi connectivity index (χ3v) is 4.82. The molecule has 0 aromatic carbocycles. The van der Waals surface area contributed by atoms with Crippen LogP contribution in [0.2, 0.25) is 0 Å². The van der Waals surface area contributed by atoms with Crippen LogP contribution in [0, 0.1) is 11.8 Å². The number of likely N-dealkylation sites (tertiary alicyclic amines) is 1. The summed E-state index contributed by atoms with van der Waals surface area (Å²) in [5.74, 6) is 1.37. The fourth-order valence-electron chi connectivity index (χ4n) is 3.52. The lowest BCUT2D eigenvalue weighted by Crippen LogP contribution is -2.39. The minimum atomic E-state index is 0. The Balaban J connectivity index is 0.00000242. The number of amides is 2. The number of carbonyl (C=O) groups excluding carboxylic acids is 2. The number of nitrogens with one attached hydrogen (secondary N) is 2. The summed E-state index contributed by atoms with van der Waals surface area (Å²) in [6.45, 7) is 2.76. The van der Waals surface area contributed by atoms with Gasteiger partial charge in [-0.1, -0.05) is 25.7 Å². The molecular formula is C16H30ClN3O2. The summed E-state index contributed by atoms with van der Waals surface area (Å²) >= 11 is 0. The minimum Gasteiger partial charge on any atom is -0.347 e. The first-order valence-corrected chi connectivity index (χ1v) is 8.38.